The maximum Gasteiger partial charge on any atom is 0.332 e. The summed E-state index contributed by atoms with van der Waals surface area (Å²) in [7, 11) is 3.12. The largest absolute Gasteiger partial charge is 0.351 e. The predicted molar refractivity (Wildman–Crippen MR) is 114 cm³/mol. The first-order valence-corrected chi connectivity index (χ1v) is 9.45. The molecule has 7 heteroatoms. The lowest BCUT2D eigenvalue weighted by Gasteiger charge is -2.11. The fourth-order valence-electron chi connectivity index (χ4n) is 3.39. The van der Waals surface area contributed by atoms with E-state index in [0.29, 0.717) is 30.2 Å². The SMILES string of the molecule is Cc1ccc(CNc2nc3c(c(=O)n(C)c(=O)n3C)n2Cc2ccccc2)cc1. The molecule has 0 amide bonds. The Morgan fingerprint density at radius 1 is 0.897 bits per heavy atom. The standard InChI is InChI=1S/C22H23N5O2/c1-15-9-11-16(12-10-15)13-23-21-24-19-18(20(28)26(3)22(29)25(19)2)27(21)14-17-7-5-4-6-8-17/h4-12H,13-14H2,1-3H3,(H,23,24). The van der Waals surface area contributed by atoms with Crippen LogP contribution in [0.3, 0.4) is 0 Å². The van der Waals surface area contributed by atoms with Gasteiger partial charge in [0.25, 0.3) is 5.56 Å². The van der Waals surface area contributed by atoms with Gasteiger partial charge in [-0.25, -0.2) is 4.79 Å². The zero-order valence-corrected chi connectivity index (χ0v) is 16.7. The summed E-state index contributed by atoms with van der Waals surface area (Å²) in [5.41, 5.74) is 3.39. The summed E-state index contributed by atoms with van der Waals surface area (Å²) in [5, 5.41) is 3.34. The quantitative estimate of drug-likeness (QED) is 0.569. The second-order valence-corrected chi connectivity index (χ2v) is 7.22. The van der Waals surface area contributed by atoms with Gasteiger partial charge in [0.05, 0.1) is 6.54 Å². The first-order chi connectivity index (χ1) is 14.0. The number of nitrogens with one attached hydrogen (secondary N) is 1. The third kappa shape index (κ3) is 3.47. The maximum absolute atomic E-state index is 12.9. The number of fused-ring (bicyclic) bond motifs is 1. The number of imidazole rings is 1. The van der Waals surface area contributed by atoms with Crippen LogP contribution in [0.5, 0.6) is 0 Å². The van der Waals surface area contributed by atoms with Gasteiger partial charge in [0.1, 0.15) is 0 Å². The molecule has 2 aromatic carbocycles. The van der Waals surface area contributed by atoms with Gasteiger partial charge in [-0.15, -0.1) is 0 Å². The van der Waals surface area contributed by atoms with E-state index < -0.39 is 5.69 Å². The molecular formula is C22H23N5O2. The number of benzene rings is 2. The van der Waals surface area contributed by atoms with Crippen LogP contribution in [-0.2, 0) is 27.2 Å². The highest BCUT2D eigenvalue weighted by molar-refractivity contribution is 5.74. The predicted octanol–water partition coefficient (Wildman–Crippen LogP) is 2.40. The maximum atomic E-state index is 12.9. The van der Waals surface area contributed by atoms with Gasteiger partial charge >= 0.3 is 5.69 Å². The van der Waals surface area contributed by atoms with Crippen molar-refractivity contribution in [2.75, 3.05) is 5.32 Å². The van der Waals surface area contributed by atoms with Crippen LogP contribution in [0.15, 0.2) is 64.2 Å². The summed E-state index contributed by atoms with van der Waals surface area (Å²) in [5.74, 6) is 0.558. The molecule has 148 valence electrons. The van der Waals surface area contributed by atoms with Crippen LogP contribution in [0.2, 0.25) is 0 Å². The molecule has 0 saturated heterocycles. The zero-order chi connectivity index (χ0) is 20.5. The van der Waals surface area contributed by atoms with E-state index in [4.69, 9.17) is 0 Å². The Bertz CT molecular complexity index is 1280. The van der Waals surface area contributed by atoms with Crippen molar-refractivity contribution < 1.29 is 0 Å². The molecule has 0 aliphatic heterocycles. The Balaban J connectivity index is 1.83. The molecule has 7 nitrogen and oxygen atoms in total. The molecule has 0 unspecified atom stereocenters. The Morgan fingerprint density at radius 2 is 1.59 bits per heavy atom. The molecule has 0 atom stereocenters. The molecule has 0 saturated carbocycles. The number of aromatic nitrogens is 4. The monoisotopic (exact) mass is 389 g/mol. The summed E-state index contributed by atoms with van der Waals surface area (Å²) in [6.45, 7) is 3.08. The number of hydrogen-bond acceptors (Lipinski definition) is 4. The second kappa shape index (κ2) is 7.43. The molecule has 4 rings (SSSR count). The Kier molecular flexibility index (Phi) is 4.80. The molecule has 0 spiro atoms. The average molecular weight is 389 g/mol. The van der Waals surface area contributed by atoms with Crippen LogP contribution in [0, 0.1) is 6.92 Å². The fourth-order valence-corrected chi connectivity index (χ4v) is 3.39. The lowest BCUT2D eigenvalue weighted by Crippen LogP contribution is -2.37. The van der Waals surface area contributed by atoms with Gasteiger partial charge in [0.2, 0.25) is 5.95 Å². The van der Waals surface area contributed by atoms with E-state index in [0.717, 1.165) is 15.7 Å². The summed E-state index contributed by atoms with van der Waals surface area (Å²) >= 11 is 0. The molecule has 1 N–H and O–H groups in total. The van der Waals surface area contributed by atoms with E-state index in [1.807, 2.05) is 41.8 Å². The van der Waals surface area contributed by atoms with Gasteiger partial charge in [-0.3, -0.25) is 18.5 Å². The lowest BCUT2D eigenvalue weighted by atomic mass is 10.1. The van der Waals surface area contributed by atoms with Gasteiger partial charge in [-0.2, -0.15) is 4.98 Å². The Morgan fingerprint density at radius 3 is 2.28 bits per heavy atom. The average Bonchev–Trinajstić information content (AvgIpc) is 3.09. The van der Waals surface area contributed by atoms with Crippen molar-refractivity contribution in [3.8, 4) is 0 Å². The smallest absolute Gasteiger partial charge is 0.332 e. The summed E-state index contributed by atoms with van der Waals surface area (Å²) in [6, 6.07) is 18.1. The first kappa shape index (κ1) is 18.7. The van der Waals surface area contributed by atoms with Crippen molar-refractivity contribution in [3.63, 3.8) is 0 Å². The van der Waals surface area contributed by atoms with Crippen LogP contribution < -0.4 is 16.6 Å². The normalized spacial score (nSPS) is 11.1. The van der Waals surface area contributed by atoms with Crippen LogP contribution in [-0.4, -0.2) is 18.7 Å². The van der Waals surface area contributed by atoms with E-state index >= 15 is 0 Å². The third-order valence-electron chi connectivity index (χ3n) is 5.10. The number of nitrogens with zero attached hydrogens (tertiary/aromatic N) is 4. The minimum Gasteiger partial charge on any atom is -0.351 e. The molecule has 2 heterocycles. The van der Waals surface area contributed by atoms with E-state index in [1.54, 1.807) is 7.05 Å². The van der Waals surface area contributed by atoms with Crippen molar-refractivity contribution in [1.29, 1.82) is 0 Å². The van der Waals surface area contributed by atoms with Crippen molar-refractivity contribution >= 4 is 17.1 Å². The third-order valence-corrected chi connectivity index (χ3v) is 5.10. The van der Waals surface area contributed by atoms with Crippen molar-refractivity contribution in [3.05, 3.63) is 92.1 Å². The van der Waals surface area contributed by atoms with Crippen LogP contribution >= 0.6 is 0 Å². The second-order valence-electron chi connectivity index (χ2n) is 7.22. The van der Waals surface area contributed by atoms with Crippen LogP contribution in [0.4, 0.5) is 5.95 Å². The van der Waals surface area contributed by atoms with E-state index in [2.05, 4.69) is 34.6 Å². The highest BCUT2D eigenvalue weighted by Crippen LogP contribution is 2.19. The molecule has 0 aliphatic rings. The summed E-state index contributed by atoms with van der Waals surface area (Å²) in [6.07, 6.45) is 0. The molecule has 2 aromatic heterocycles. The van der Waals surface area contributed by atoms with Gasteiger partial charge in [0.15, 0.2) is 11.2 Å². The number of aryl methyl sites for hydroxylation is 2. The molecule has 0 bridgehead atoms. The van der Waals surface area contributed by atoms with Gasteiger partial charge in [-0.1, -0.05) is 60.2 Å². The number of rotatable bonds is 5. The molecule has 29 heavy (non-hydrogen) atoms. The zero-order valence-electron chi connectivity index (χ0n) is 16.7. The van der Waals surface area contributed by atoms with Crippen LogP contribution in [0.25, 0.3) is 11.2 Å². The van der Waals surface area contributed by atoms with Gasteiger partial charge in [0, 0.05) is 20.6 Å². The summed E-state index contributed by atoms with van der Waals surface area (Å²) in [4.78, 5) is 29.9. The molecule has 0 aliphatic carbocycles. The van der Waals surface area contributed by atoms with Gasteiger partial charge in [-0.05, 0) is 18.1 Å². The number of anilines is 1. The van der Waals surface area contributed by atoms with E-state index in [-0.39, 0.29) is 5.56 Å². The topological polar surface area (TPSA) is 73.8 Å². The van der Waals surface area contributed by atoms with Crippen molar-refractivity contribution in [1.82, 2.24) is 18.7 Å². The van der Waals surface area contributed by atoms with Crippen molar-refractivity contribution in [2.45, 2.75) is 20.0 Å². The molecular weight excluding hydrogens is 366 g/mol. The van der Waals surface area contributed by atoms with Crippen LogP contribution in [0.1, 0.15) is 16.7 Å². The van der Waals surface area contributed by atoms with E-state index in [1.165, 1.54) is 17.2 Å². The Hall–Kier alpha value is -3.61. The lowest BCUT2D eigenvalue weighted by molar-refractivity contribution is 0.702. The molecule has 4 aromatic rings. The first-order valence-electron chi connectivity index (χ1n) is 9.45. The molecule has 0 radical (unpaired) electrons. The van der Waals surface area contributed by atoms with Gasteiger partial charge < -0.3 is 5.32 Å². The minimum atomic E-state index is -0.392. The summed E-state index contributed by atoms with van der Waals surface area (Å²) < 4.78 is 4.38. The Labute approximate surface area is 167 Å². The highest BCUT2D eigenvalue weighted by atomic mass is 16.2. The molecule has 0 fully saturated rings. The minimum absolute atomic E-state index is 0.352. The fraction of sp³-hybridized carbons (Fsp3) is 0.227. The highest BCUT2D eigenvalue weighted by Gasteiger charge is 2.19. The van der Waals surface area contributed by atoms with Crippen molar-refractivity contribution in [2.24, 2.45) is 14.1 Å². The van der Waals surface area contributed by atoms with E-state index in [9.17, 15) is 9.59 Å². The number of hydrogen-bond donors (Lipinski definition) is 1.